The first-order valence-corrected chi connectivity index (χ1v) is 7.54. The van der Waals surface area contributed by atoms with Crippen LogP contribution in [0.1, 0.15) is 21.6 Å². The zero-order valence-electron chi connectivity index (χ0n) is 13.2. The lowest BCUT2D eigenvalue weighted by Crippen LogP contribution is -2.13. The number of pyridine rings is 1. The molecule has 0 spiro atoms. The van der Waals surface area contributed by atoms with Crippen molar-refractivity contribution in [2.75, 3.05) is 5.32 Å². The molecule has 114 valence electrons. The largest absolute Gasteiger partial charge is 0.307 e. The number of benzene rings is 2. The van der Waals surface area contributed by atoms with E-state index in [2.05, 4.69) is 22.4 Å². The number of hydrogen-bond donors (Lipinski definition) is 1. The second-order valence-corrected chi connectivity index (χ2v) is 5.51. The number of nitrogens with one attached hydrogen (secondary N) is 1. The summed E-state index contributed by atoms with van der Waals surface area (Å²) >= 11 is 0. The van der Waals surface area contributed by atoms with Gasteiger partial charge in [-0.2, -0.15) is 0 Å². The van der Waals surface area contributed by atoms with E-state index < -0.39 is 0 Å². The minimum absolute atomic E-state index is 0.147. The van der Waals surface area contributed by atoms with E-state index >= 15 is 0 Å². The fraction of sp³-hybridized carbons (Fsp3) is 0.100. The summed E-state index contributed by atoms with van der Waals surface area (Å²) in [4.78, 5) is 16.7. The Bertz CT molecular complexity index is 841. The molecule has 1 heterocycles. The summed E-state index contributed by atoms with van der Waals surface area (Å²) in [6.45, 7) is 3.92. The van der Waals surface area contributed by atoms with Crippen molar-refractivity contribution in [2.45, 2.75) is 13.8 Å². The van der Waals surface area contributed by atoms with Gasteiger partial charge >= 0.3 is 0 Å². The van der Waals surface area contributed by atoms with Crippen LogP contribution in [-0.2, 0) is 0 Å². The highest BCUT2D eigenvalue weighted by Gasteiger charge is 2.09. The predicted molar refractivity (Wildman–Crippen MR) is 93.5 cm³/mol. The summed E-state index contributed by atoms with van der Waals surface area (Å²) in [5.41, 5.74) is 4.86. The van der Waals surface area contributed by atoms with Gasteiger partial charge in [0.05, 0.1) is 0 Å². The topological polar surface area (TPSA) is 42.0 Å². The minimum Gasteiger partial charge on any atom is -0.307 e. The zero-order valence-corrected chi connectivity index (χ0v) is 13.2. The standard InChI is InChI=1S/C20H18N2O/c1-14-13-17(11-12-18(14)16-8-4-3-5-9-16)20(23)22-19-10-6-7-15(2)21-19/h3-13H,1-2H3,(H,21,22,23). The number of rotatable bonds is 3. The normalized spacial score (nSPS) is 10.3. The molecule has 0 aliphatic carbocycles. The van der Waals surface area contributed by atoms with E-state index in [0.29, 0.717) is 11.4 Å². The third-order valence-corrected chi connectivity index (χ3v) is 3.70. The molecule has 0 fully saturated rings. The Hall–Kier alpha value is -2.94. The molecule has 23 heavy (non-hydrogen) atoms. The van der Waals surface area contributed by atoms with E-state index in [-0.39, 0.29) is 5.91 Å². The number of carbonyl (C=O) groups is 1. The van der Waals surface area contributed by atoms with Gasteiger partial charge in [-0.15, -0.1) is 0 Å². The molecule has 3 aromatic rings. The first-order chi connectivity index (χ1) is 11.1. The van der Waals surface area contributed by atoms with Crippen LogP contribution in [0.15, 0.2) is 66.7 Å². The van der Waals surface area contributed by atoms with E-state index in [4.69, 9.17) is 0 Å². The number of carbonyl (C=O) groups excluding carboxylic acids is 1. The van der Waals surface area contributed by atoms with Crippen molar-refractivity contribution in [3.63, 3.8) is 0 Å². The van der Waals surface area contributed by atoms with Crippen LogP contribution >= 0.6 is 0 Å². The summed E-state index contributed by atoms with van der Waals surface area (Å²) in [6, 6.07) is 21.5. The lowest BCUT2D eigenvalue weighted by atomic mass is 9.98. The van der Waals surface area contributed by atoms with Gasteiger partial charge in [-0.1, -0.05) is 42.5 Å². The van der Waals surface area contributed by atoms with Gasteiger partial charge < -0.3 is 5.32 Å². The molecule has 0 atom stereocenters. The van der Waals surface area contributed by atoms with E-state index in [9.17, 15) is 4.79 Å². The highest BCUT2D eigenvalue weighted by molar-refractivity contribution is 6.04. The van der Waals surface area contributed by atoms with Crippen LogP contribution in [0.2, 0.25) is 0 Å². The summed E-state index contributed by atoms with van der Waals surface area (Å²) in [5.74, 6) is 0.422. The molecule has 3 nitrogen and oxygen atoms in total. The summed E-state index contributed by atoms with van der Waals surface area (Å²) in [6.07, 6.45) is 0. The maximum atomic E-state index is 12.4. The third-order valence-electron chi connectivity index (χ3n) is 3.70. The lowest BCUT2D eigenvalue weighted by Gasteiger charge is -2.09. The smallest absolute Gasteiger partial charge is 0.256 e. The van der Waals surface area contributed by atoms with Crippen molar-refractivity contribution >= 4 is 11.7 Å². The number of aromatic nitrogens is 1. The Labute approximate surface area is 136 Å². The molecule has 0 bridgehead atoms. The Kier molecular flexibility index (Phi) is 4.20. The first-order valence-electron chi connectivity index (χ1n) is 7.54. The number of anilines is 1. The van der Waals surface area contributed by atoms with E-state index in [1.807, 2.05) is 62.4 Å². The summed E-state index contributed by atoms with van der Waals surface area (Å²) in [7, 11) is 0. The SMILES string of the molecule is Cc1cccc(NC(=O)c2ccc(-c3ccccc3)c(C)c2)n1. The highest BCUT2D eigenvalue weighted by atomic mass is 16.1. The number of hydrogen-bond acceptors (Lipinski definition) is 2. The fourth-order valence-corrected chi connectivity index (χ4v) is 2.55. The quantitative estimate of drug-likeness (QED) is 0.767. The van der Waals surface area contributed by atoms with Crippen LogP contribution < -0.4 is 5.32 Å². The van der Waals surface area contributed by atoms with Crippen molar-refractivity contribution in [3.8, 4) is 11.1 Å². The molecule has 0 saturated heterocycles. The van der Waals surface area contributed by atoms with Gasteiger partial charge in [-0.25, -0.2) is 4.98 Å². The lowest BCUT2D eigenvalue weighted by molar-refractivity contribution is 0.102. The Morgan fingerprint density at radius 1 is 0.913 bits per heavy atom. The molecule has 3 heteroatoms. The van der Waals surface area contributed by atoms with Crippen molar-refractivity contribution < 1.29 is 4.79 Å². The highest BCUT2D eigenvalue weighted by Crippen LogP contribution is 2.24. The number of amides is 1. The van der Waals surface area contributed by atoms with E-state index in [1.165, 1.54) is 0 Å². The molecule has 0 unspecified atom stereocenters. The second-order valence-electron chi connectivity index (χ2n) is 5.51. The van der Waals surface area contributed by atoms with Crippen LogP contribution in [0.25, 0.3) is 11.1 Å². The first kappa shape index (κ1) is 15.0. The van der Waals surface area contributed by atoms with Gasteiger partial charge in [-0.05, 0) is 54.8 Å². The summed E-state index contributed by atoms with van der Waals surface area (Å²) < 4.78 is 0. The van der Waals surface area contributed by atoms with Crippen molar-refractivity contribution in [1.29, 1.82) is 0 Å². The molecular weight excluding hydrogens is 284 g/mol. The van der Waals surface area contributed by atoms with Crippen LogP contribution in [0.5, 0.6) is 0 Å². The molecule has 1 amide bonds. The average molecular weight is 302 g/mol. The zero-order chi connectivity index (χ0) is 16.2. The van der Waals surface area contributed by atoms with Crippen LogP contribution in [0.3, 0.4) is 0 Å². The minimum atomic E-state index is -0.147. The van der Waals surface area contributed by atoms with Gasteiger partial charge in [0.1, 0.15) is 5.82 Å². The maximum absolute atomic E-state index is 12.4. The molecule has 0 aliphatic heterocycles. The van der Waals surface area contributed by atoms with E-state index in [0.717, 1.165) is 22.4 Å². The van der Waals surface area contributed by atoms with Crippen molar-refractivity contribution in [2.24, 2.45) is 0 Å². The van der Waals surface area contributed by atoms with Gasteiger partial charge in [0.25, 0.3) is 5.91 Å². The Morgan fingerprint density at radius 2 is 1.70 bits per heavy atom. The monoisotopic (exact) mass is 302 g/mol. The van der Waals surface area contributed by atoms with Crippen LogP contribution in [0.4, 0.5) is 5.82 Å². The van der Waals surface area contributed by atoms with Gasteiger partial charge in [-0.3, -0.25) is 4.79 Å². The third kappa shape index (κ3) is 3.46. The molecule has 0 aliphatic rings. The Morgan fingerprint density at radius 3 is 2.39 bits per heavy atom. The van der Waals surface area contributed by atoms with Crippen LogP contribution in [0, 0.1) is 13.8 Å². The molecule has 0 radical (unpaired) electrons. The number of aryl methyl sites for hydroxylation is 2. The predicted octanol–water partition coefficient (Wildman–Crippen LogP) is 4.62. The van der Waals surface area contributed by atoms with Gasteiger partial charge in [0, 0.05) is 11.3 Å². The average Bonchev–Trinajstić information content (AvgIpc) is 2.55. The molecular formula is C20H18N2O. The van der Waals surface area contributed by atoms with Gasteiger partial charge in [0.2, 0.25) is 0 Å². The van der Waals surface area contributed by atoms with E-state index in [1.54, 1.807) is 6.07 Å². The molecule has 2 aromatic carbocycles. The Balaban J connectivity index is 1.84. The van der Waals surface area contributed by atoms with Crippen LogP contribution in [-0.4, -0.2) is 10.9 Å². The molecule has 3 rings (SSSR count). The number of nitrogens with zero attached hydrogens (tertiary/aromatic N) is 1. The molecule has 0 saturated carbocycles. The maximum Gasteiger partial charge on any atom is 0.256 e. The van der Waals surface area contributed by atoms with Gasteiger partial charge in [0.15, 0.2) is 0 Å². The second kappa shape index (κ2) is 6.44. The van der Waals surface area contributed by atoms with Crippen molar-refractivity contribution in [3.05, 3.63) is 83.6 Å². The molecule has 1 aromatic heterocycles. The summed E-state index contributed by atoms with van der Waals surface area (Å²) in [5, 5.41) is 2.84. The fourth-order valence-electron chi connectivity index (χ4n) is 2.55. The van der Waals surface area contributed by atoms with Crippen molar-refractivity contribution in [1.82, 2.24) is 4.98 Å². The molecule has 1 N–H and O–H groups in total.